The third-order valence-electron chi connectivity index (χ3n) is 4.68. The SMILES string of the molecule is C=C([C@H](O)[C@@H](C)C(=O)Nc1ccc(-c2ccc(C(C)(F)F)cc2)cc1)N(C)C. The maximum Gasteiger partial charge on any atom is 0.270 e. The topological polar surface area (TPSA) is 52.6 Å². The second-order valence-electron chi connectivity index (χ2n) is 7.15. The van der Waals surface area contributed by atoms with E-state index in [1.165, 1.54) is 12.1 Å². The molecule has 6 heteroatoms. The van der Waals surface area contributed by atoms with Gasteiger partial charge in [0.2, 0.25) is 5.91 Å². The van der Waals surface area contributed by atoms with Crippen LogP contribution in [0.1, 0.15) is 19.4 Å². The summed E-state index contributed by atoms with van der Waals surface area (Å²) in [5.41, 5.74) is 2.65. The molecule has 0 radical (unpaired) electrons. The summed E-state index contributed by atoms with van der Waals surface area (Å²) in [4.78, 5) is 14.0. The number of alkyl halides is 2. The first-order valence-electron chi connectivity index (χ1n) is 8.94. The van der Waals surface area contributed by atoms with E-state index < -0.39 is 17.9 Å². The molecule has 2 rings (SSSR count). The Morgan fingerprint density at radius 1 is 1.07 bits per heavy atom. The van der Waals surface area contributed by atoms with Crippen molar-refractivity contribution >= 4 is 11.6 Å². The van der Waals surface area contributed by atoms with Crippen LogP contribution in [0.5, 0.6) is 0 Å². The van der Waals surface area contributed by atoms with E-state index in [2.05, 4.69) is 11.9 Å². The molecular weight excluding hydrogens is 362 g/mol. The van der Waals surface area contributed by atoms with Gasteiger partial charge < -0.3 is 15.3 Å². The van der Waals surface area contributed by atoms with E-state index in [0.717, 1.165) is 18.1 Å². The predicted octanol–water partition coefficient (Wildman–Crippen LogP) is 4.48. The number of aliphatic hydroxyl groups is 1. The summed E-state index contributed by atoms with van der Waals surface area (Å²) in [6.45, 7) is 6.28. The van der Waals surface area contributed by atoms with Crippen LogP contribution in [0.2, 0.25) is 0 Å². The number of aliphatic hydroxyl groups excluding tert-OH is 1. The minimum atomic E-state index is -2.87. The minimum Gasteiger partial charge on any atom is -0.386 e. The number of nitrogens with zero attached hydrogens (tertiary/aromatic N) is 1. The first-order chi connectivity index (χ1) is 13.0. The number of anilines is 1. The first-order valence-corrected chi connectivity index (χ1v) is 8.94. The minimum absolute atomic E-state index is 0.0352. The van der Waals surface area contributed by atoms with Crippen molar-refractivity contribution < 1.29 is 18.7 Å². The average Bonchev–Trinajstić information content (AvgIpc) is 2.66. The van der Waals surface area contributed by atoms with Crippen LogP contribution >= 0.6 is 0 Å². The summed E-state index contributed by atoms with van der Waals surface area (Å²) in [5.74, 6) is -3.86. The van der Waals surface area contributed by atoms with Gasteiger partial charge in [-0.25, -0.2) is 8.78 Å². The van der Waals surface area contributed by atoms with E-state index in [1.807, 2.05) is 0 Å². The Bertz CT molecular complexity index is 825. The smallest absolute Gasteiger partial charge is 0.270 e. The Morgan fingerprint density at radius 2 is 1.54 bits per heavy atom. The van der Waals surface area contributed by atoms with E-state index in [0.29, 0.717) is 11.4 Å². The Hall–Kier alpha value is -2.73. The fourth-order valence-corrected chi connectivity index (χ4v) is 2.65. The third kappa shape index (κ3) is 5.16. The molecule has 0 bridgehead atoms. The standard InChI is InChI=1S/C22H26F2N2O2/c1-14(20(27)15(2)26(4)5)21(28)25-19-12-8-17(9-13-19)16-6-10-18(11-7-16)22(3,23)24/h6-14,20,27H,2H2,1,3-5H3,(H,25,28)/t14-,20-/m1/s1. The zero-order chi connectivity index (χ0) is 21.1. The monoisotopic (exact) mass is 388 g/mol. The number of amides is 1. The van der Waals surface area contributed by atoms with Crippen molar-refractivity contribution in [3.05, 3.63) is 66.4 Å². The first kappa shape index (κ1) is 21.6. The van der Waals surface area contributed by atoms with Crippen LogP contribution in [0.15, 0.2) is 60.8 Å². The van der Waals surface area contributed by atoms with Crippen molar-refractivity contribution in [1.29, 1.82) is 0 Å². The number of halogens is 2. The Labute approximate surface area is 164 Å². The molecule has 0 saturated carbocycles. The van der Waals surface area contributed by atoms with Crippen molar-refractivity contribution in [2.45, 2.75) is 25.9 Å². The van der Waals surface area contributed by atoms with Crippen LogP contribution in [-0.4, -0.2) is 36.1 Å². The lowest BCUT2D eigenvalue weighted by Crippen LogP contribution is -2.35. The van der Waals surface area contributed by atoms with Gasteiger partial charge in [-0.15, -0.1) is 0 Å². The molecule has 28 heavy (non-hydrogen) atoms. The predicted molar refractivity (Wildman–Crippen MR) is 108 cm³/mol. The Balaban J connectivity index is 2.06. The molecule has 2 aromatic rings. The highest BCUT2D eigenvalue weighted by atomic mass is 19.3. The Kier molecular flexibility index (Phi) is 6.56. The van der Waals surface area contributed by atoms with Crippen LogP contribution in [0.25, 0.3) is 11.1 Å². The zero-order valence-corrected chi connectivity index (χ0v) is 16.5. The van der Waals surface area contributed by atoms with Gasteiger partial charge in [0, 0.05) is 38.0 Å². The molecule has 0 aliphatic rings. The van der Waals surface area contributed by atoms with Crippen LogP contribution in [0, 0.1) is 5.92 Å². The van der Waals surface area contributed by atoms with Crippen LogP contribution < -0.4 is 5.32 Å². The van der Waals surface area contributed by atoms with E-state index in [9.17, 15) is 18.7 Å². The number of carbonyl (C=O) groups excluding carboxylic acids is 1. The number of likely N-dealkylation sites (N-methyl/N-ethyl adjacent to an activating group) is 1. The largest absolute Gasteiger partial charge is 0.386 e. The quantitative estimate of drug-likeness (QED) is 0.736. The number of rotatable bonds is 7. The molecule has 2 N–H and O–H groups in total. The molecule has 0 aliphatic heterocycles. The van der Waals surface area contributed by atoms with Gasteiger partial charge in [0.15, 0.2) is 0 Å². The molecule has 0 saturated heterocycles. The van der Waals surface area contributed by atoms with Crippen molar-refractivity contribution in [3.8, 4) is 11.1 Å². The molecule has 0 fully saturated rings. The van der Waals surface area contributed by atoms with Gasteiger partial charge >= 0.3 is 0 Å². The van der Waals surface area contributed by atoms with Gasteiger partial charge in [0.1, 0.15) is 6.10 Å². The molecule has 0 unspecified atom stereocenters. The Morgan fingerprint density at radius 3 is 1.96 bits per heavy atom. The maximum absolute atomic E-state index is 13.3. The highest BCUT2D eigenvalue weighted by Crippen LogP contribution is 2.29. The van der Waals surface area contributed by atoms with E-state index >= 15 is 0 Å². The second kappa shape index (κ2) is 8.52. The van der Waals surface area contributed by atoms with Crippen molar-refractivity contribution in [2.24, 2.45) is 5.92 Å². The zero-order valence-electron chi connectivity index (χ0n) is 16.5. The molecule has 2 aromatic carbocycles. The molecule has 0 aromatic heterocycles. The molecule has 1 amide bonds. The number of benzene rings is 2. The fraction of sp³-hybridized carbons (Fsp3) is 0.318. The summed E-state index contributed by atoms with van der Waals surface area (Å²) in [5, 5.41) is 13.0. The van der Waals surface area contributed by atoms with Crippen LogP contribution in [0.3, 0.4) is 0 Å². The van der Waals surface area contributed by atoms with E-state index in [1.54, 1.807) is 62.3 Å². The molecule has 0 heterocycles. The highest BCUT2D eigenvalue weighted by Gasteiger charge is 2.25. The molecule has 4 nitrogen and oxygen atoms in total. The lowest BCUT2D eigenvalue weighted by Gasteiger charge is -2.25. The number of nitrogens with one attached hydrogen (secondary N) is 1. The fourth-order valence-electron chi connectivity index (χ4n) is 2.65. The maximum atomic E-state index is 13.3. The van der Waals surface area contributed by atoms with Gasteiger partial charge in [-0.05, 0) is 23.3 Å². The van der Waals surface area contributed by atoms with Crippen molar-refractivity contribution in [3.63, 3.8) is 0 Å². The van der Waals surface area contributed by atoms with Crippen molar-refractivity contribution in [1.82, 2.24) is 4.90 Å². The van der Waals surface area contributed by atoms with Gasteiger partial charge in [0.25, 0.3) is 5.92 Å². The summed E-state index contributed by atoms with van der Waals surface area (Å²) in [6.07, 6.45) is -0.982. The summed E-state index contributed by atoms with van der Waals surface area (Å²) in [6, 6.07) is 13.2. The second-order valence-corrected chi connectivity index (χ2v) is 7.15. The summed E-state index contributed by atoms with van der Waals surface area (Å²) in [7, 11) is 3.51. The summed E-state index contributed by atoms with van der Waals surface area (Å²) >= 11 is 0. The average molecular weight is 388 g/mol. The van der Waals surface area contributed by atoms with Gasteiger partial charge in [-0.1, -0.05) is 49.9 Å². The normalized spacial score (nSPS) is 13.5. The molecule has 0 aliphatic carbocycles. The lowest BCUT2D eigenvalue weighted by molar-refractivity contribution is -0.122. The summed E-state index contributed by atoms with van der Waals surface area (Å²) < 4.78 is 26.6. The lowest BCUT2D eigenvalue weighted by atomic mass is 10.00. The molecule has 0 spiro atoms. The van der Waals surface area contributed by atoms with Crippen molar-refractivity contribution in [2.75, 3.05) is 19.4 Å². The van der Waals surface area contributed by atoms with Gasteiger partial charge in [0.05, 0.1) is 5.92 Å². The highest BCUT2D eigenvalue weighted by molar-refractivity contribution is 5.93. The number of carbonyl (C=O) groups is 1. The molecular formula is C22H26F2N2O2. The van der Waals surface area contributed by atoms with Crippen LogP contribution in [-0.2, 0) is 10.7 Å². The number of hydrogen-bond donors (Lipinski definition) is 2. The third-order valence-corrected chi connectivity index (χ3v) is 4.68. The molecule has 150 valence electrons. The molecule has 2 atom stereocenters. The van der Waals surface area contributed by atoms with Gasteiger partial charge in [-0.2, -0.15) is 0 Å². The van der Waals surface area contributed by atoms with E-state index in [-0.39, 0.29) is 11.5 Å². The van der Waals surface area contributed by atoms with E-state index in [4.69, 9.17) is 0 Å². The number of hydrogen-bond acceptors (Lipinski definition) is 3. The van der Waals surface area contributed by atoms with Gasteiger partial charge in [-0.3, -0.25) is 4.79 Å². The van der Waals surface area contributed by atoms with Crippen LogP contribution in [0.4, 0.5) is 14.5 Å².